The molecule has 0 radical (unpaired) electrons. The molecule has 134 valence electrons. The predicted octanol–water partition coefficient (Wildman–Crippen LogP) is 3.75. The fraction of sp³-hybridized carbons (Fsp3) is 0.600. The number of carbonyl (C=O) groups excluding carboxylic acids is 1. The maximum Gasteiger partial charge on any atom is 0.326 e. The number of nitrogens with one attached hydrogen (secondary N) is 2. The summed E-state index contributed by atoms with van der Waals surface area (Å²) in [6, 6.07) is 6.16. The van der Waals surface area contributed by atoms with Crippen molar-refractivity contribution < 1.29 is 4.79 Å². The van der Waals surface area contributed by atoms with Crippen LogP contribution in [-0.4, -0.2) is 21.5 Å². The molecule has 1 aromatic heterocycles. The van der Waals surface area contributed by atoms with Crippen LogP contribution in [0.3, 0.4) is 0 Å². The zero-order valence-corrected chi connectivity index (χ0v) is 14.9. The average Bonchev–Trinajstić information content (AvgIpc) is 3.22. The fourth-order valence-electron chi connectivity index (χ4n) is 4.58. The van der Waals surface area contributed by atoms with Crippen LogP contribution in [0.4, 0.5) is 0 Å². The van der Waals surface area contributed by atoms with Crippen molar-refractivity contribution in [2.75, 3.05) is 0 Å². The number of fused-ring (bicyclic) bond motifs is 1. The lowest BCUT2D eigenvalue weighted by molar-refractivity contribution is 0.0910. The molecule has 2 aliphatic rings. The van der Waals surface area contributed by atoms with E-state index < -0.39 is 0 Å². The van der Waals surface area contributed by atoms with Gasteiger partial charge in [-0.3, -0.25) is 9.36 Å². The van der Waals surface area contributed by atoms with Crippen LogP contribution < -0.4 is 11.0 Å². The van der Waals surface area contributed by atoms with Gasteiger partial charge in [-0.2, -0.15) is 0 Å². The van der Waals surface area contributed by atoms with Crippen LogP contribution in [0, 0.1) is 5.92 Å². The minimum atomic E-state index is -0.0552. The van der Waals surface area contributed by atoms with E-state index in [2.05, 4.69) is 17.2 Å². The highest BCUT2D eigenvalue weighted by Crippen LogP contribution is 2.31. The second-order valence-electron chi connectivity index (χ2n) is 7.81. The van der Waals surface area contributed by atoms with Gasteiger partial charge in [-0.1, -0.05) is 32.6 Å². The topological polar surface area (TPSA) is 66.9 Å². The number of amides is 1. The number of nitrogens with zero attached hydrogens (tertiary/aromatic N) is 1. The summed E-state index contributed by atoms with van der Waals surface area (Å²) in [6.07, 6.45) is 9.18. The Morgan fingerprint density at radius 3 is 2.60 bits per heavy atom. The van der Waals surface area contributed by atoms with Crippen LogP contribution in [0.2, 0.25) is 0 Å². The third-order valence-electron chi connectivity index (χ3n) is 6.10. The van der Waals surface area contributed by atoms with E-state index in [9.17, 15) is 9.59 Å². The Morgan fingerprint density at radius 1 is 1.12 bits per heavy atom. The standard InChI is InChI=1S/C20H27N3O2/c1-13-6-2-5-9-16(13)21-19(24)14-10-11-18-17(12-14)22-20(25)23(18)15-7-3-4-8-15/h10-13,15-16H,2-9H2,1H3,(H,21,24)(H,22,25)/t13-,16+/m0/s1. The monoisotopic (exact) mass is 341 g/mol. The van der Waals surface area contributed by atoms with Crippen molar-refractivity contribution in [1.82, 2.24) is 14.9 Å². The molecule has 2 atom stereocenters. The predicted molar refractivity (Wildman–Crippen MR) is 98.9 cm³/mol. The first kappa shape index (κ1) is 16.4. The molecule has 1 amide bonds. The van der Waals surface area contributed by atoms with Crippen molar-refractivity contribution in [3.63, 3.8) is 0 Å². The molecular formula is C20H27N3O2. The first-order chi connectivity index (χ1) is 12.1. The van der Waals surface area contributed by atoms with Gasteiger partial charge in [0, 0.05) is 17.6 Å². The minimum Gasteiger partial charge on any atom is -0.349 e. The fourth-order valence-corrected chi connectivity index (χ4v) is 4.58. The van der Waals surface area contributed by atoms with E-state index in [4.69, 9.17) is 0 Å². The Bertz CT molecular complexity index is 829. The second-order valence-corrected chi connectivity index (χ2v) is 7.81. The number of aromatic nitrogens is 2. The number of rotatable bonds is 3. The number of imidazole rings is 1. The Kier molecular flexibility index (Phi) is 4.40. The van der Waals surface area contributed by atoms with E-state index in [-0.39, 0.29) is 17.6 Å². The molecule has 2 aromatic rings. The summed E-state index contributed by atoms with van der Waals surface area (Å²) in [6.45, 7) is 2.21. The van der Waals surface area contributed by atoms with Crippen molar-refractivity contribution in [2.24, 2.45) is 5.92 Å². The van der Waals surface area contributed by atoms with E-state index in [0.717, 1.165) is 30.3 Å². The van der Waals surface area contributed by atoms with Crippen LogP contribution in [0.15, 0.2) is 23.0 Å². The van der Waals surface area contributed by atoms with Gasteiger partial charge in [-0.15, -0.1) is 0 Å². The minimum absolute atomic E-state index is 0.0323. The first-order valence-corrected chi connectivity index (χ1v) is 9.68. The molecule has 0 unspecified atom stereocenters. The molecule has 25 heavy (non-hydrogen) atoms. The van der Waals surface area contributed by atoms with Gasteiger partial charge in [0.25, 0.3) is 5.91 Å². The van der Waals surface area contributed by atoms with Crippen LogP contribution >= 0.6 is 0 Å². The van der Waals surface area contributed by atoms with Crippen molar-refractivity contribution >= 4 is 16.9 Å². The van der Waals surface area contributed by atoms with Crippen LogP contribution in [-0.2, 0) is 0 Å². The number of hydrogen-bond donors (Lipinski definition) is 2. The van der Waals surface area contributed by atoms with E-state index in [1.54, 1.807) is 0 Å². The number of carbonyl (C=O) groups is 1. The van der Waals surface area contributed by atoms with E-state index in [0.29, 0.717) is 17.5 Å². The SMILES string of the molecule is C[C@H]1CCCC[C@H]1NC(=O)c1ccc2c(c1)[nH]c(=O)n2C1CCCC1. The summed E-state index contributed by atoms with van der Waals surface area (Å²) in [5.74, 6) is 0.500. The van der Waals surface area contributed by atoms with Crippen LogP contribution in [0.25, 0.3) is 11.0 Å². The van der Waals surface area contributed by atoms with Crippen LogP contribution in [0.1, 0.15) is 74.7 Å². The molecule has 2 saturated carbocycles. The lowest BCUT2D eigenvalue weighted by atomic mass is 9.86. The van der Waals surface area contributed by atoms with Gasteiger partial charge in [0.05, 0.1) is 11.0 Å². The summed E-state index contributed by atoms with van der Waals surface area (Å²) in [4.78, 5) is 28.0. The normalized spacial score (nSPS) is 24.7. The first-order valence-electron chi connectivity index (χ1n) is 9.68. The summed E-state index contributed by atoms with van der Waals surface area (Å²) in [5, 5.41) is 3.19. The van der Waals surface area contributed by atoms with Gasteiger partial charge in [0.15, 0.2) is 0 Å². The zero-order chi connectivity index (χ0) is 17.4. The lowest BCUT2D eigenvalue weighted by Crippen LogP contribution is -2.41. The van der Waals surface area contributed by atoms with Gasteiger partial charge >= 0.3 is 5.69 Å². The molecule has 1 aromatic carbocycles. The van der Waals surface area contributed by atoms with Gasteiger partial charge in [-0.25, -0.2) is 4.79 Å². The maximum atomic E-state index is 12.6. The van der Waals surface area contributed by atoms with Crippen LogP contribution in [0.5, 0.6) is 0 Å². The van der Waals surface area contributed by atoms with Gasteiger partial charge < -0.3 is 10.3 Å². The molecule has 0 spiro atoms. The quantitative estimate of drug-likeness (QED) is 0.893. The summed E-state index contributed by atoms with van der Waals surface area (Å²) < 4.78 is 1.88. The molecule has 0 bridgehead atoms. The molecule has 0 aliphatic heterocycles. The zero-order valence-electron chi connectivity index (χ0n) is 14.9. The van der Waals surface area contributed by atoms with Crippen molar-refractivity contribution in [3.8, 4) is 0 Å². The summed E-state index contributed by atoms with van der Waals surface area (Å²) >= 11 is 0. The number of benzene rings is 1. The van der Waals surface area contributed by atoms with E-state index >= 15 is 0 Å². The number of aromatic amines is 1. The van der Waals surface area contributed by atoms with Gasteiger partial charge in [-0.05, 0) is 49.8 Å². The Morgan fingerprint density at radius 2 is 1.84 bits per heavy atom. The van der Waals surface area contributed by atoms with Crippen molar-refractivity contribution in [2.45, 2.75) is 70.4 Å². The highest BCUT2D eigenvalue weighted by Gasteiger charge is 2.24. The molecule has 0 saturated heterocycles. The molecule has 2 N–H and O–H groups in total. The Balaban J connectivity index is 1.58. The smallest absolute Gasteiger partial charge is 0.326 e. The van der Waals surface area contributed by atoms with E-state index in [1.807, 2.05) is 22.8 Å². The third kappa shape index (κ3) is 3.12. The lowest BCUT2D eigenvalue weighted by Gasteiger charge is -2.29. The van der Waals surface area contributed by atoms with E-state index in [1.165, 1.54) is 32.1 Å². The molecule has 2 aliphatic carbocycles. The molecule has 2 fully saturated rings. The second kappa shape index (κ2) is 6.70. The van der Waals surface area contributed by atoms with Gasteiger partial charge in [0.2, 0.25) is 0 Å². The maximum absolute atomic E-state index is 12.6. The average molecular weight is 341 g/mol. The molecule has 5 nitrogen and oxygen atoms in total. The van der Waals surface area contributed by atoms with Gasteiger partial charge in [0.1, 0.15) is 0 Å². The highest BCUT2D eigenvalue weighted by molar-refractivity contribution is 5.97. The van der Waals surface area contributed by atoms with Crippen molar-refractivity contribution in [3.05, 3.63) is 34.2 Å². The summed E-state index contributed by atoms with van der Waals surface area (Å²) in [7, 11) is 0. The Labute approximate surface area is 147 Å². The Hall–Kier alpha value is -2.04. The molecule has 4 rings (SSSR count). The van der Waals surface area contributed by atoms with Crippen molar-refractivity contribution in [1.29, 1.82) is 0 Å². The highest BCUT2D eigenvalue weighted by atomic mass is 16.2. The molecular weight excluding hydrogens is 314 g/mol. The molecule has 1 heterocycles. The largest absolute Gasteiger partial charge is 0.349 e. The summed E-state index contributed by atoms with van der Waals surface area (Å²) in [5.41, 5.74) is 2.26. The number of H-pyrrole nitrogens is 1. The number of hydrogen-bond acceptors (Lipinski definition) is 2. The third-order valence-corrected chi connectivity index (χ3v) is 6.10. The molecule has 5 heteroatoms.